The van der Waals surface area contributed by atoms with Gasteiger partial charge in [-0.2, -0.15) is 0 Å². The summed E-state index contributed by atoms with van der Waals surface area (Å²) in [5, 5.41) is 12.0. The van der Waals surface area contributed by atoms with Crippen LogP contribution in [0.15, 0.2) is 4.42 Å². The summed E-state index contributed by atoms with van der Waals surface area (Å²) in [6, 6.07) is 0. The lowest BCUT2D eigenvalue weighted by atomic mass is 9.97. The molecule has 1 amide bonds. The molecule has 1 saturated heterocycles. The van der Waals surface area contributed by atoms with Crippen molar-refractivity contribution in [3.8, 4) is 0 Å². The number of nitrogens with zero attached hydrogens (tertiary/aromatic N) is 2. The number of carbonyl (C=O) groups excluding carboxylic acids is 1. The van der Waals surface area contributed by atoms with E-state index >= 15 is 0 Å². The zero-order chi connectivity index (χ0) is 16.2. The van der Waals surface area contributed by atoms with Gasteiger partial charge in [0, 0.05) is 19.5 Å². The van der Waals surface area contributed by atoms with E-state index in [0.29, 0.717) is 35.7 Å². The first-order chi connectivity index (χ1) is 11.2. The molecular weight excluding hydrogens is 294 g/mol. The molecule has 1 aromatic rings. The van der Waals surface area contributed by atoms with Gasteiger partial charge in [0.1, 0.15) is 0 Å². The Kier molecular flexibility index (Phi) is 5.33. The smallest absolute Gasteiger partial charge is 0.289 e. The second kappa shape index (κ2) is 7.45. The van der Waals surface area contributed by atoms with Crippen LogP contribution in [-0.2, 0) is 6.42 Å². The summed E-state index contributed by atoms with van der Waals surface area (Å²) >= 11 is 0. The first kappa shape index (κ1) is 16.5. The van der Waals surface area contributed by atoms with Crippen molar-refractivity contribution >= 4 is 5.91 Å². The quantitative estimate of drug-likeness (QED) is 0.793. The van der Waals surface area contributed by atoms with Crippen LogP contribution in [0.25, 0.3) is 0 Å². The highest BCUT2D eigenvalue weighted by Crippen LogP contribution is 2.32. The summed E-state index contributed by atoms with van der Waals surface area (Å²) in [7, 11) is 0. The molecule has 0 spiro atoms. The zero-order valence-electron chi connectivity index (χ0n) is 13.9. The van der Waals surface area contributed by atoms with Gasteiger partial charge in [-0.3, -0.25) is 4.79 Å². The summed E-state index contributed by atoms with van der Waals surface area (Å²) in [5.41, 5.74) is 0.691. The Morgan fingerprint density at radius 3 is 2.70 bits per heavy atom. The van der Waals surface area contributed by atoms with Crippen LogP contribution in [0, 0.1) is 18.8 Å². The van der Waals surface area contributed by atoms with E-state index in [9.17, 15) is 4.79 Å². The van der Waals surface area contributed by atoms with E-state index in [1.165, 1.54) is 12.8 Å². The Morgan fingerprint density at radius 1 is 1.30 bits per heavy atom. The van der Waals surface area contributed by atoms with Crippen LogP contribution in [0.5, 0.6) is 0 Å². The van der Waals surface area contributed by atoms with Crippen LogP contribution < -0.4 is 5.32 Å². The maximum Gasteiger partial charge on any atom is 0.289 e. The normalized spacial score (nSPS) is 19.9. The molecule has 1 aromatic heterocycles. The molecular formula is C17H27N3O3. The number of carbonyl (C=O) groups is 1. The average Bonchev–Trinajstić information content (AvgIpc) is 3.28. The number of piperidine rings is 1. The van der Waals surface area contributed by atoms with Crippen molar-refractivity contribution in [3.05, 3.63) is 17.3 Å². The number of rotatable bonds is 7. The predicted octanol–water partition coefficient (Wildman–Crippen LogP) is 1.37. The highest BCUT2D eigenvalue weighted by Gasteiger charge is 2.26. The molecule has 0 atom stereocenters. The third-order valence-electron chi connectivity index (χ3n) is 4.88. The maximum atomic E-state index is 12.3. The Balaban J connectivity index is 1.45. The van der Waals surface area contributed by atoms with Crippen LogP contribution >= 0.6 is 0 Å². The van der Waals surface area contributed by atoms with Gasteiger partial charge in [0.25, 0.3) is 5.91 Å². The molecule has 3 rings (SSSR count). The van der Waals surface area contributed by atoms with Crippen molar-refractivity contribution in [3.63, 3.8) is 0 Å². The Hall–Kier alpha value is -1.40. The number of hydrogen-bond acceptors (Lipinski definition) is 5. The fourth-order valence-corrected chi connectivity index (χ4v) is 3.19. The molecule has 0 radical (unpaired) electrons. The number of aromatic nitrogens is 1. The van der Waals surface area contributed by atoms with E-state index < -0.39 is 0 Å². The standard InChI is InChI=1S/C17H27N3O3/c1-12-16(23-15(19-12)10-13-2-3-13)17(22)18-11-14-4-6-20(7-5-14)8-9-21/h13-14,21H,2-11H2,1H3,(H,18,22). The summed E-state index contributed by atoms with van der Waals surface area (Å²) in [6.07, 6.45) is 5.47. The molecule has 128 valence electrons. The number of amides is 1. The van der Waals surface area contributed by atoms with Crippen molar-refractivity contribution < 1.29 is 14.3 Å². The van der Waals surface area contributed by atoms with E-state index in [2.05, 4.69) is 15.2 Å². The number of oxazole rings is 1. The lowest BCUT2D eigenvalue weighted by Crippen LogP contribution is -2.39. The third-order valence-corrected chi connectivity index (χ3v) is 4.88. The van der Waals surface area contributed by atoms with Gasteiger partial charge >= 0.3 is 0 Å². The van der Waals surface area contributed by atoms with Gasteiger partial charge in [-0.05, 0) is 57.5 Å². The Bertz CT molecular complexity index is 531. The third kappa shape index (κ3) is 4.54. The molecule has 1 saturated carbocycles. The number of nitrogens with one attached hydrogen (secondary N) is 1. The van der Waals surface area contributed by atoms with E-state index in [1.54, 1.807) is 0 Å². The van der Waals surface area contributed by atoms with Crippen molar-refractivity contribution in [2.75, 3.05) is 32.8 Å². The minimum atomic E-state index is -0.144. The second-order valence-corrected chi connectivity index (χ2v) is 6.89. The Labute approximate surface area is 137 Å². The van der Waals surface area contributed by atoms with Crippen molar-refractivity contribution in [2.45, 2.75) is 39.0 Å². The first-order valence-corrected chi connectivity index (χ1v) is 8.73. The van der Waals surface area contributed by atoms with Gasteiger partial charge < -0.3 is 19.7 Å². The molecule has 0 aromatic carbocycles. The van der Waals surface area contributed by atoms with Gasteiger partial charge in [-0.15, -0.1) is 0 Å². The van der Waals surface area contributed by atoms with Gasteiger partial charge in [-0.1, -0.05) is 0 Å². The summed E-state index contributed by atoms with van der Waals surface area (Å²) < 4.78 is 5.66. The van der Waals surface area contributed by atoms with E-state index in [-0.39, 0.29) is 12.5 Å². The van der Waals surface area contributed by atoms with Gasteiger partial charge in [-0.25, -0.2) is 4.98 Å². The monoisotopic (exact) mass is 321 g/mol. The van der Waals surface area contributed by atoms with Crippen LogP contribution in [0.2, 0.25) is 0 Å². The topological polar surface area (TPSA) is 78.6 Å². The molecule has 6 nitrogen and oxygen atoms in total. The minimum absolute atomic E-state index is 0.144. The van der Waals surface area contributed by atoms with Crippen LogP contribution in [0.4, 0.5) is 0 Å². The molecule has 2 fully saturated rings. The first-order valence-electron chi connectivity index (χ1n) is 8.73. The minimum Gasteiger partial charge on any atom is -0.435 e. The second-order valence-electron chi connectivity index (χ2n) is 6.89. The van der Waals surface area contributed by atoms with Crippen molar-refractivity contribution in [1.29, 1.82) is 0 Å². The highest BCUT2D eigenvalue weighted by molar-refractivity contribution is 5.92. The van der Waals surface area contributed by atoms with Crippen LogP contribution in [0.1, 0.15) is 47.8 Å². The number of aryl methyl sites for hydroxylation is 1. The van der Waals surface area contributed by atoms with Crippen molar-refractivity contribution in [2.24, 2.45) is 11.8 Å². The number of likely N-dealkylation sites (tertiary alicyclic amines) is 1. The average molecular weight is 321 g/mol. The number of aliphatic hydroxyl groups is 1. The van der Waals surface area contributed by atoms with E-state index in [4.69, 9.17) is 9.52 Å². The molecule has 23 heavy (non-hydrogen) atoms. The molecule has 1 aliphatic heterocycles. The zero-order valence-corrected chi connectivity index (χ0v) is 13.9. The SMILES string of the molecule is Cc1nc(CC2CC2)oc1C(=O)NCC1CCN(CCO)CC1. The molecule has 2 aliphatic rings. The lowest BCUT2D eigenvalue weighted by molar-refractivity contribution is 0.0902. The molecule has 6 heteroatoms. The molecule has 0 bridgehead atoms. The molecule has 1 aliphatic carbocycles. The van der Waals surface area contributed by atoms with Gasteiger partial charge in [0.05, 0.1) is 12.3 Å². The van der Waals surface area contributed by atoms with Crippen LogP contribution in [0.3, 0.4) is 0 Å². The van der Waals surface area contributed by atoms with Gasteiger partial charge in [0.15, 0.2) is 5.89 Å². The van der Waals surface area contributed by atoms with Crippen molar-refractivity contribution in [1.82, 2.24) is 15.2 Å². The summed E-state index contributed by atoms with van der Waals surface area (Å²) in [4.78, 5) is 18.9. The number of hydrogen-bond donors (Lipinski definition) is 2. The summed E-state index contributed by atoms with van der Waals surface area (Å²) in [6.45, 7) is 5.48. The maximum absolute atomic E-state index is 12.3. The predicted molar refractivity (Wildman–Crippen MR) is 86.3 cm³/mol. The largest absolute Gasteiger partial charge is 0.435 e. The molecule has 0 unspecified atom stereocenters. The lowest BCUT2D eigenvalue weighted by Gasteiger charge is -2.31. The number of β-amino-alcohol motifs (C(OH)–C–C–N with tert-alkyl or cyclic N) is 1. The van der Waals surface area contributed by atoms with Gasteiger partial charge in [0.2, 0.25) is 5.76 Å². The number of aliphatic hydroxyl groups excluding tert-OH is 1. The highest BCUT2D eigenvalue weighted by atomic mass is 16.4. The fourth-order valence-electron chi connectivity index (χ4n) is 3.19. The molecule has 2 heterocycles. The Morgan fingerprint density at radius 2 is 2.04 bits per heavy atom. The molecule has 2 N–H and O–H groups in total. The van der Waals surface area contributed by atoms with E-state index in [0.717, 1.165) is 38.9 Å². The van der Waals surface area contributed by atoms with Crippen LogP contribution in [-0.4, -0.2) is 53.7 Å². The van der Waals surface area contributed by atoms with E-state index in [1.807, 2.05) is 6.92 Å². The fraction of sp³-hybridized carbons (Fsp3) is 0.765. The summed E-state index contributed by atoms with van der Waals surface area (Å²) in [5.74, 6) is 2.14.